The molecule has 0 fully saturated rings. The van der Waals surface area contributed by atoms with Crippen LogP contribution in [0.3, 0.4) is 0 Å². The molecule has 0 saturated heterocycles. The third-order valence-corrected chi connectivity index (χ3v) is 9.77. The predicted molar refractivity (Wildman–Crippen MR) is 197 cm³/mol. The van der Waals surface area contributed by atoms with Gasteiger partial charge in [-0.2, -0.15) is 0 Å². The first-order chi connectivity index (χ1) is 21.4. The molecule has 3 atom stereocenters. The second kappa shape index (κ2) is 31.9. The van der Waals surface area contributed by atoms with Crippen molar-refractivity contribution in [2.45, 2.75) is 188 Å². The highest BCUT2D eigenvalue weighted by molar-refractivity contribution is 5.70. The normalized spacial score (nSPS) is 14.4. The SMILES string of the molecule is CCCCC/C=C\CCCC(CCC/C=C\CCCCC)C(CC(CCCC)CCCCCC)C(CCCN(C)C)C(=O)O. The number of rotatable bonds is 33. The molecule has 44 heavy (non-hydrogen) atoms. The Bertz CT molecular complexity index is 644. The number of nitrogens with zero attached hydrogens (tertiary/aromatic N) is 1. The predicted octanol–water partition coefficient (Wildman–Crippen LogP) is 13.0. The zero-order valence-corrected chi connectivity index (χ0v) is 30.8. The topological polar surface area (TPSA) is 40.5 Å². The molecule has 0 aliphatic rings. The van der Waals surface area contributed by atoms with Crippen LogP contribution < -0.4 is 0 Å². The molecule has 260 valence electrons. The Labute approximate surface area is 277 Å². The van der Waals surface area contributed by atoms with E-state index in [9.17, 15) is 9.90 Å². The van der Waals surface area contributed by atoms with Crippen molar-refractivity contribution in [3.05, 3.63) is 24.3 Å². The molecule has 3 heteroatoms. The first kappa shape index (κ1) is 42.9. The van der Waals surface area contributed by atoms with Gasteiger partial charge < -0.3 is 10.0 Å². The molecule has 0 spiro atoms. The van der Waals surface area contributed by atoms with Crippen LogP contribution in [0.4, 0.5) is 0 Å². The summed E-state index contributed by atoms with van der Waals surface area (Å²) in [5, 5.41) is 10.7. The summed E-state index contributed by atoms with van der Waals surface area (Å²) in [4.78, 5) is 15.2. The van der Waals surface area contributed by atoms with Crippen LogP contribution in [0.2, 0.25) is 0 Å². The zero-order chi connectivity index (χ0) is 32.7. The van der Waals surface area contributed by atoms with Crippen LogP contribution in [0, 0.1) is 23.7 Å². The molecule has 0 heterocycles. The van der Waals surface area contributed by atoms with E-state index >= 15 is 0 Å². The van der Waals surface area contributed by atoms with Crippen LogP contribution >= 0.6 is 0 Å². The maximum atomic E-state index is 13.0. The maximum absolute atomic E-state index is 13.0. The van der Waals surface area contributed by atoms with E-state index in [1.165, 1.54) is 128 Å². The van der Waals surface area contributed by atoms with Gasteiger partial charge in [-0.1, -0.05) is 129 Å². The first-order valence-corrected chi connectivity index (χ1v) is 19.6. The molecule has 0 aromatic heterocycles. The fourth-order valence-electron chi connectivity index (χ4n) is 7.01. The Balaban J connectivity index is 5.87. The largest absolute Gasteiger partial charge is 0.481 e. The van der Waals surface area contributed by atoms with Crippen LogP contribution in [-0.4, -0.2) is 36.6 Å². The summed E-state index contributed by atoms with van der Waals surface area (Å²) >= 11 is 0. The molecule has 0 aliphatic carbocycles. The van der Waals surface area contributed by atoms with E-state index in [4.69, 9.17) is 0 Å². The molecule has 1 N–H and O–H groups in total. The average Bonchev–Trinajstić information content (AvgIpc) is 3.00. The third kappa shape index (κ3) is 25.1. The van der Waals surface area contributed by atoms with E-state index in [-0.39, 0.29) is 5.92 Å². The molecule has 3 nitrogen and oxygen atoms in total. The lowest BCUT2D eigenvalue weighted by Crippen LogP contribution is -2.32. The second-order valence-electron chi connectivity index (χ2n) is 14.2. The van der Waals surface area contributed by atoms with Gasteiger partial charge in [0.05, 0.1) is 5.92 Å². The highest BCUT2D eigenvalue weighted by Gasteiger charge is 2.35. The van der Waals surface area contributed by atoms with Gasteiger partial charge in [0.15, 0.2) is 0 Å². The van der Waals surface area contributed by atoms with Gasteiger partial charge in [-0.25, -0.2) is 0 Å². The summed E-state index contributed by atoms with van der Waals surface area (Å²) < 4.78 is 0. The van der Waals surface area contributed by atoms with Crippen molar-refractivity contribution < 1.29 is 9.90 Å². The van der Waals surface area contributed by atoms with E-state index in [0.717, 1.165) is 38.6 Å². The molecule has 0 amide bonds. The smallest absolute Gasteiger partial charge is 0.306 e. The Kier molecular flexibility index (Phi) is 31.1. The number of unbranched alkanes of at least 4 members (excludes halogenated alkanes) is 12. The number of carbonyl (C=O) groups is 1. The molecular formula is C41H79NO2. The van der Waals surface area contributed by atoms with Gasteiger partial charge in [-0.3, -0.25) is 4.79 Å². The van der Waals surface area contributed by atoms with Crippen LogP contribution in [0.1, 0.15) is 188 Å². The van der Waals surface area contributed by atoms with Gasteiger partial charge >= 0.3 is 5.97 Å². The fraction of sp³-hybridized carbons (Fsp3) is 0.878. The molecule has 3 unspecified atom stereocenters. The minimum absolute atomic E-state index is 0.214. The molecule has 0 aliphatic heterocycles. The van der Waals surface area contributed by atoms with Gasteiger partial charge in [0.1, 0.15) is 0 Å². The zero-order valence-electron chi connectivity index (χ0n) is 30.8. The summed E-state index contributed by atoms with van der Waals surface area (Å²) in [6.07, 6.45) is 40.1. The van der Waals surface area contributed by atoms with E-state index < -0.39 is 5.97 Å². The molecular weight excluding hydrogens is 538 g/mol. The van der Waals surface area contributed by atoms with Crippen molar-refractivity contribution >= 4 is 5.97 Å². The number of carboxylic acid groups (broad SMARTS) is 1. The molecule has 0 bridgehead atoms. The standard InChI is InChI=1S/C41H79NO2/c1-7-11-15-18-20-22-24-27-32-38(33-28-25-23-21-19-16-12-8-2)40(39(41(43)44)34-29-35-42(5)6)36-37(30-14-10-4)31-26-17-13-9-3/h20-23,37-40H,7-19,24-36H2,1-6H3,(H,43,44)/b22-20-,23-21-. The highest BCUT2D eigenvalue weighted by atomic mass is 16.4. The van der Waals surface area contributed by atoms with Gasteiger partial charge in [0.25, 0.3) is 0 Å². The molecule has 0 aromatic rings. The summed E-state index contributed by atoms with van der Waals surface area (Å²) in [5.74, 6) is 0.730. The van der Waals surface area contributed by atoms with Crippen molar-refractivity contribution in [3.63, 3.8) is 0 Å². The van der Waals surface area contributed by atoms with Gasteiger partial charge in [-0.05, 0) is 122 Å². The maximum Gasteiger partial charge on any atom is 0.306 e. The number of carboxylic acids is 1. The van der Waals surface area contributed by atoms with Gasteiger partial charge in [0, 0.05) is 0 Å². The minimum Gasteiger partial charge on any atom is -0.481 e. The van der Waals surface area contributed by atoms with Crippen molar-refractivity contribution in [1.82, 2.24) is 4.90 Å². The molecule has 0 rings (SSSR count). The number of hydrogen-bond donors (Lipinski definition) is 1. The summed E-state index contributed by atoms with van der Waals surface area (Å²) in [6.45, 7) is 10.1. The van der Waals surface area contributed by atoms with Gasteiger partial charge in [-0.15, -0.1) is 0 Å². The Morgan fingerprint density at radius 1 is 0.568 bits per heavy atom. The Hall–Kier alpha value is -1.09. The summed E-state index contributed by atoms with van der Waals surface area (Å²) in [6, 6.07) is 0. The molecule has 0 aromatic carbocycles. The second-order valence-corrected chi connectivity index (χ2v) is 14.2. The van der Waals surface area contributed by atoms with Crippen molar-refractivity contribution in [1.29, 1.82) is 0 Å². The first-order valence-electron chi connectivity index (χ1n) is 19.6. The Morgan fingerprint density at radius 2 is 1.05 bits per heavy atom. The van der Waals surface area contributed by atoms with E-state index in [0.29, 0.717) is 17.8 Å². The monoisotopic (exact) mass is 618 g/mol. The quantitative estimate of drug-likeness (QED) is 0.0588. The summed E-state index contributed by atoms with van der Waals surface area (Å²) in [7, 11) is 4.22. The number of hydrogen-bond acceptors (Lipinski definition) is 2. The van der Waals surface area contributed by atoms with Gasteiger partial charge in [0.2, 0.25) is 0 Å². The average molecular weight is 618 g/mol. The lowest BCUT2D eigenvalue weighted by atomic mass is 9.69. The van der Waals surface area contributed by atoms with Crippen LogP contribution in [-0.2, 0) is 4.79 Å². The number of aliphatic carboxylic acids is 1. The molecule has 0 saturated carbocycles. The van der Waals surface area contributed by atoms with E-state index in [2.05, 4.69) is 71.0 Å². The van der Waals surface area contributed by atoms with Crippen molar-refractivity contribution in [3.8, 4) is 0 Å². The third-order valence-electron chi connectivity index (χ3n) is 9.77. The van der Waals surface area contributed by atoms with E-state index in [1.807, 2.05) is 0 Å². The van der Waals surface area contributed by atoms with Crippen molar-refractivity contribution in [2.75, 3.05) is 20.6 Å². The van der Waals surface area contributed by atoms with Crippen LogP contribution in [0.25, 0.3) is 0 Å². The highest BCUT2D eigenvalue weighted by Crippen LogP contribution is 2.39. The Morgan fingerprint density at radius 3 is 1.52 bits per heavy atom. The lowest BCUT2D eigenvalue weighted by Gasteiger charge is -2.35. The lowest BCUT2D eigenvalue weighted by molar-refractivity contribution is -0.145. The minimum atomic E-state index is -0.536. The fourth-order valence-corrected chi connectivity index (χ4v) is 7.01. The van der Waals surface area contributed by atoms with Crippen molar-refractivity contribution in [2.24, 2.45) is 23.7 Å². The van der Waals surface area contributed by atoms with E-state index in [1.54, 1.807) is 0 Å². The number of allylic oxidation sites excluding steroid dienone is 4. The van der Waals surface area contributed by atoms with Crippen LogP contribution in [0.15, 0.2) is 24.3 Å². The van der Waals surface area contributed by atoms with Crippen LogP contribution in [0.5, 0.6) is 0 Å². The molecule has 0 radical (unpaired) electrons. The summed E-state index contributed by atoms with van der Waals surface area (Å²) in [5.41, 5.74) is 0.